The summed E-state index contributed by atoms with van der Waals surface area (Å²) in [5.74, 6) is -0.0341. The van der Waals surface area contributed by atoms with Crippen LogP contribution in [0.2, 0.25) is 0 Å². The number of nitrogens with two attached hydrogens (primary N) is 1. The third-order valence-corrected chi connectivity index (χ3v) is 6.96. The Balaban J connectivity index is 1.82. The molecule has 2 aliphatic heterocycles. The van der Waals surface area contributed by atoms with Crippen molar-refractivity contribution >= 4 is 21.4 Å². The van der Waals surface area contributed by atoms with Gasteiger partial charge in [0.2, 0.25) is 0 Å². The molecule has 0 radical (unpaired) electrons. The van der Waals surface area contributed by atoms with Gasteiger partial charge in [-0.25, -0.2) is 13.4 Å². The summed E-state index contributed by atoms with van der Waals surface area (Å²) in [5.41, 5.74) is 5.74. The Kier molecular flexibility index (Phi) is 4.41. The fourth-order valence-corrected chi connectivity index (χ4v) is 4.54. The summed E-state index contributed by atoms with van der Waals surface area (Å²) >= 11 is 0. The smallest absolute Gasteiger partial charge is 0.384 e. The maximum absolute atomic E-state index is 13.6. The monoisotopic (exact) mass is 427 g/mol. The Morgan fingerprint density at radius 3 is 2.55 bits per heavy atom. The van der Waals surface area contributed by atoms with E-state index in [-0.39, 0.29) is 33.9 Å². The second-order valence-electron chi connectivity index (χ2n) is 7.20. The number of sulfone groups is 1. The number of aromatic nitrogens is 1. The molecule has 3 heterocycles. The average Bonchev–Trinajstić information content (AvgIpc) is 3.44. The van der Waals surface area contributed by atoms with Crippen LogP contribution in [0.25, 0.3) is 0 Å². The molecule has 2 N–H and O–H groups in total. The highest BCUT2D eigenvalue weighted by Crippen LogP contribution is 2.43. The summed E-state index contributed by atoms with van der Waals surface area (Å²) in [4.78, 5) is 11.4. The van der Waals surface area contributed by atoms with Gasteiger partial charge in [-0.05, 0) is 31.1 Å². The quantitative estimate of drug-likeness (QED) is 0.794. The average molecular weight is 427 g/mol. The van der Waals surface area contributed by atoms with E-state index in [4.69, 9.17) is 5.73 Å². The summed E-state index contributed by atoms with van der Waals surface area (Å²) in [7, 11) is -1.98. The van der Waals surface area contributed by atoms with Gasteiger partial charge in [0.1, 0.15) is 17.2 Å². The first-order valence-electron chi connectivity index (χ1n) is 9.12. The van der Waals surface area contributed by atoms with Gasteiger partial charge in [0, 0.05) is 19.3 Å². The summed E-state index contributed by atoms with van der Waals surface area (Å²) < 4.78 is 65.7. The van der Waals surface area contributed by atoms with Gasteiger partial charge in [0.05, 0.1) is 22.1 Å². The summed E-state index contributed by atoms with van der Waals surface area (Å²) in [6.45, 7) is 1.51. The first-order chi connectivity index (χ1) is 13.5. The van der Waals surface area contributed by atoms with Crippen molar-refractivity contribution in [3.63, 3.8) is 0 Å². The molecule has 7 nitrogen and oxygen atoms in total. The highest BCUT2D eigenvalue weighted by Gasteiger charge is 2.46. The molecule has 1 fully saturated rings. The van der Waals surface area contributed by atoms with Crippen LogP contribution in [0.4, 0.5) is 19.0 Å². The van der Waals surface area contributed by atoms with Crippen LogP contribution in [0.1, 0.15) is 31.6 Å². The van der Waals surface area contributed by atoms with E-state index in [2.05, 4.69) is 9.98 Å². The maximum Gasteiger partial charge on any atom is 0.431 e. The molecule has 0 bridgehead atoms. The second kappa shape index (κ2) is 6.48. The minimum absolute atomic E-state index is 0.0197. The Bertz CT molecular complexity index is 1060. The normalized spacial score (nSPS) is 22.2. The molecule has 4 rings (SSSR count). The molecule has 1 aromatic heterocycles. The number of alkyl halides is 3. The Labute approximate surface area is 166 Å². The van der Waals surface area contributed by atoms with Crippen LogP contribution in [0.5, 0.6) is 0 Å². The van der Waals surface area contributed by atoms with E-state index < -0.39 is 27.9 Å². The lowest BCUT2D eigenvalue weighted by atomic mass is 10.1. The van der Waals surface area contributed by atoms with Crippen molar-refractivity contribution in [1.82, 2.24) is 14.8 Å². The fraction of sp³-hybridized carbons (Fsp3) is 0.444. The van der Waals surface area contributed by atoms with Crippen molar-refractivity contribution in [2.75, 3.05) is 18.5 Å². The van der Waals surface area contributed by atoms with Gasteiger partial charge in [-0.1, -0.05) is 6.92 Å². The second-order valence-corrected chi connectivity index (χ2v) is 9.45. The number of nitrogens with zero attached hydrogens (tertiary/aromatic N) is 4. The number of pyridine rings is 1. The first kappa shape index (κ1) is 19.7. The van der Waals surface area contributed by atoms with E-state index in [0.717, 1.165) is 6.08 Å². The molecule has 1 unspecified atom stereocenters. The van der Waals surface area contributed by atoms with E-state index in [0.29, 0.717) is 18.5 Å². The standard InChI is InChI=1S/C18H20F3N5O2S/c1-3-29(27,28)13-6-7-15(22)24-16(13)17-23-11-8-14(18(19,20)21)26(10-4-5-10)9-12(11)25(17)2/h6-10,17H,3-5H2,1-2H3,(H2,22,24). The lowest BCUT2D eigenvalue weighted by Crippen LogP contribution is -2.35. The van der Waals surface area contributed by atoms with Gasteiger partial charge in [-0.2, -0.15) is 13.2 Å². The molecule has 0 saturated heterocycles. The van der Waals surface area contributed by atoms with Gasteiger partial charge in [0.25, 0.3) is 0 Å². The molecule has 11 heteroatoms. The number of hydrogen-bond donors (Lipinski definition) is 1. The van der Waals surface area contributed by atoms with Crippen LogP contribution in [-0.2, 0) is 9.84 Å². The molecule has 1 aromatic rings. The van der Waals surface area contributed by atoms with Gasteiger partial charge in [-0.3, -0.25) is 4.99 Å². The Morgan fingerprint density at radius 2 is 1.97 bits per heavy atom. The number of nitrogen functional groups attached to an aromatic ring is 1. The van der Waals surface area contributed by atoms with Crippen molar-refractivity contribution in [3.05, 3.63) is 41.5 Å². The topological polar surface area (TPSA) is 91.9 Å². The van der Waals surface area contributed by atoms with Gasteiger partial charge in [-0.15, -0.1) is 0 Å². The summed E-state index contributed by atoms with van der Waals surface area (Å²) in [6.07, 6.45) is -1.57. The summed E-state index contributed by atoms with van der Waals surface area (Å²) in [6, 6.07) is 2.57. The molecule has 1 atom stereocenters. The van der Waals surface area contributed by atoms with Crippen LogP contribution in [0.3, 0.4) is 0 Å². The van der Waals surface area contributed by atoms with Crippen LogP contribution in [-0.4, -0.2) is 53.9 Å². The van der Waals surface area contributed by atoms with Crippen LogP contribution >= 0.6 is 0 Å². The number of fused-ring (bicyclic) bond motifs is 1. The molecule has 1 aliphatic carbocycles. The van der Waals surface area contributed by atoms with Crippen molar-refractivity contribution in [2.45, 2.75) is 43.0 Å². The number of aliphatic imine (C=N–C) groups is 1. The molecular weight excluding hydrogens is 407 g/mol. The molecule has 1 saturated carbocycles. The molecule has 29 heavy (non-hydrogen) atoms. The Morgan fingerprint density at radius 1 is 1.28 bits per heavy atom. The van der Waals surface area contributed by atoms with E-state index in [1.807, 2.05) is 0 Å². The largest absolute Gasteiger partial charge is 0.431 e. The van der Waals surface area contributed by atoms with Crippen LogP contribution in [0, 0.1) is 0 Å². The molecule has 156 valence electrons. The van der Waals surface area contributed by atoms with Crippen molar-refractivity contribution < 1.29 is 21.6 Å². The van der Waals surface area contributed by atoms with Gasteiger partial charge >= 0.3 is 6.18 Å². The molecule has 3 aliphatic rings. The van der Waals surface area contributed by atoms with Crippen LogP contribution in [0.15, 0.2) is 45.7 Å². The molecule has 0 aromatic carbocycles. The fourth-order valence-electron chi connectivity index (χ4n) is 3.48. The highest BCUT2D eigenvalue weighted by molar-refractivity contribution is 7.91. The summed E-state index contributed by atoms with van der Waals surface area (Å²) in [5, 5.41) is 0. The van der Waals surface area contributed by atoms with E-state index in [9.17, 15) is 21.6 Å². The molecule has 0 spiro atoms. The molecule has 0 amide bonds. The number of halogens is 3. The zero-order valence-electron chi connectivity index (χ0n) is 15.8. The Hall–Kier alpha value is -2.56. The van der Waals surface area contributed by atoms with Crippen molar-refractivity contribution in [2.24, 2.45) is 4.99 Å². The van der Waals surface area contributed by atoms with Gasteiger partial charge in [0.15, 0.2) is 16.0 Å². The van der Waals surface area contributed by atoms with Crippen LogP contribution < -0.4 is 5.73 Å². The zero-order valence-corrected chi connectivity index (χ0v) is 16.6. The predicted octanol–water partition coefficient (Wildman–Crippen LogP) is 2.61. The minimum atomic E-state index is -4.52. The molecular formula is C18H20F3N5O2S. The lowest BCUT2D eigenvalue weighted by molar-refractivity contribution is -0.108. The number of rotatable bonds is 4. The minimum Gasteiger partial charge on any atom is -0.384 e. The van der Waals surface area contributed by atoms with Crippen molar-refractivity contribution in [1.29, 1.82) is 0 Å². The number of hydrogen-bond acceptors (Lipinski definition) is 7. The first-order valence-corrected chi connectivity index (χ1v) is 10.8. The lowest BCUT2D eigenvalue weighted by Gasteiger charge is -2.31. The van der Waals surface area contributed by atoms with Crippen molar-refractivity contribution in [3.8, 4) is 0 Å². The van der Waals surface area contributed by atoms with E-state index in [1.54, 1.807) is 11.9 Å². The number of anilines is 1. The third-order valence-electron chi connectivity index (χ3n) is 5.18. The third kappa shape index (κ3) is 3.37. The SMILES string of the molecule is CCS(=O)(=O)c1ccc(N)nc1C1N=C2C=C(C(F)(F)F)N(C3CC3)C=C2N1C. The maximum atomic E-state index is 13.6. The predicted molar refractivity (Wildman–Crippen MR) is 101 cm³/mol. The number of allylic oxidation sites excluding steroid dienone is 2. The van der Waals surface area contributed by atoms with E-state index in [1.165, 1.54) is 30.2 Å². The van der Waals surface area contributed by atoms with E-state index >= 15 is 0 Å². The zero-order chi connectivity index (χ0) is 21.1. The van der Waals surface area contributed by atoms with Gasteiger partial charge < -0.3 is 15.5 Å². The highest BCUT2D eigenvalue weighted by atomic mass is 32.2.